The zero-order chi connectivity index (χ0) is 13.1. The van der Waals surface area contributed by atoms with Crippen molar-refractivity contribution in [2.45, 2.75) is 39.2 Å². The van der Waals surface area contributed by atoms with E-state index in [-0.39, 0.29) is 12.4 Å². The highest BCUT2D eigenvalue weighted by molar-refractivity contribution is 5.69. The number of hydrogen-bond donors (Lipinski definition) is 0. The predicted octanol–water partition coefficient (Wildman–Crippen LogP) is 1.34. The van der Waals surface area contributed by atoms with Crippen LogP contribution < -0.4 is 0 Å². The van der Waals surface area contributed by atoms with Gasteiger partial charge in [0.2, 0.25) is 0 Å². The molecule has 0 radical (unpaired) electrons. The molecule has 100 valence electrons. The highest BCUT2D eigenvalue weighted by Crippen LogP contribution is 2.07. The van der Waals surface area contributed by atoms with Gasteiger partial charge in [0.05, 0.1) is 32.8 Å². The molecule has 5 heteroatoms. The summed E-state index contributed by atoms with van der Waals surface area (Å²) in [4.78, 5) is 21.2. The smallest absolute Gasteiger partial charge is 0.308 e. The number of ether oxygens (including phenoxy) is 3. The summed E-state index contributed by atoms with van der Waals surface area (Å²) in [6, 6.07) is 0. The number of esters is 1. The van der Waals surface area contributed by atoms with Crippen LogP contribution in [0.3, 0.4) is 0 Å². The van der Waals surface area contributed by atoms with Crippen molar-refractivity contribution in [3.8, 4) is 0 Å². The average Bonchev–Trinajstić information content (AvgIpc) is 2.19. The lowest BCUT2D eigenvalue weighted by Crippen LogP contribution is -2.24. The Labute approximate surface area is 102 Å². The maximum absolute atomic E-state index is 11.3. The fourth-order valence-electron chi connectivity index (χ4n) is 1.00. The fourth-order valence-corrected chi connectivity index (χ4v) is 1.00. The van der Waals surface area contributed by atoms with E-state index in [1.165, 1.54) is 0 Å². The number of aldehydes is 1. The maximum Gasteiger partial charge on any atom is 0.308 e. The van der Waals surface area contributed by atoms with Crippen molar-refractivity contribution in [3.05, 3.63) is 0 Å². The normalized spacial score (nSPS) is 11.2. The Bertz CT molecular complexity index is 219. The Morgan fingerprint density at radius 3 is 2.18 bits per heavy atom. The highest BCUT2D eigenvalue weighted by atomic mass is 16.6. The zero-order valence-electron chi connectivity index (χ0n) is 10.9. The number of rotatable bonds is 9. The summed E-state index contributed by atoms with van der Waals surface area (Å²) in [7, 11) is 0. The first-order chi connectivity index (χ1) is 7.95. The molecule has 0 aliphatic heterocycles. The third-order valence-electron chi connectivity index (χ3n) is 1.62. The van der Waals surface area contributed by atoms with Gasteiger partial charge in [-0.15, -0.1) is 0 Å². The van der Waals surface area contributed by atoms with Crippen LogP contribution in [0.4, 0.5) is 0 Å². The molecule has 0 atom stereocenters. The van der Waals surface area contributed by atoms with Crippen molar-refractivity contribution in [1.82, 2.24) is 0 Å². The van der Waals surface area contributed by atoms with Gasteiger partial charge in [-0.1, -0.05) is 0 Å². The highest BCUT2D eigenvalue weighted by Gasteiger charge is 2.15. The van der Waals surface area contributed by atoms with Crippen molar-refractivity contribution in [3.63, 3.8) is 0 Å². The van der Waals surface area contributed by atoms with Gasteiger partial charge in [-0.05, 0) is 20.8 Å². The van der Waals surface area contributed by atoms with Gasteiger partial charge in [0, 0.05) is 6.42 Å². The first-order valence-electron chi connectivity index (χ1n) is 5.76. The Kier molecular flexibility index (Phi) is 8.62. The Balaban J connectivity index is 3.28. The van der Waals surface area contributed by atoms with E-state index in [4.69, 9.17) is 14.2 Å². The zero-order valence-corrected chi connectivity index (χ0v) is 10.9. The van der Waals surface area contributed by atoms with Crippen LogP contribution in [0.2, 0.25) is 0 Å². The second kappa shape index (κ2) is 9.13. The number of hydrogen-bond acceptors (Lipinski definition) is 5. The van der Waals surface area contributed by atoms with Crippen molar-refractivity contribution < 1.29 is 23.8 Å². The van der Waals surface area contributed by atoms with E-state index in [1.807, 2.05) is 20.8 Å². The van der Waals surface area contributed by atoms with Gasteiger partial charge in [-0.25, -0.2) is 0 Å². The van der Waals surface area contributed by atoms with Gasteiger partial charge >= 0.3 is 5.97 Å². The van der Waals surface area contributed by atoms with Crippen molar-refractivity contribution >= 4 is 12.3 Å². The van der Waals surface area contributed by atoms with Crippen molar-refractivity contribution in [2.24, 2.45) is 0 Å². The fraction of sp³-hybridized carbons (Fsp3) is 0.833. The molecule has 0 N–H and O–H groups in total. The molecule has 0 amide bonds. The molecule has 0 rings (SSSR count). The van der Waals surface area contributed by atoms with Gasteiger partial charge in [0.15, 0.2) is 0 Å². The van der Waals surface area contributed by atoms with E-state index in [0.29, 0.717) is 32.8 Å². The summed E-state index contributed by atoms with van der Waals surface area (Å²) in [6.07, 6.45) is 1.45. The maximum atomic E-state index is 11.3. The summed E-state index contributed by atoms with van der Waals surface area (Å²) >= 11 is 0. The van der Waals surface area contributed by atoms with Crippen LogP contribution >= 0.6 is 0 Å². The first kappa shape index (κ1) is 16.1. The lowest BCUT2D eigenvalue weighted by molar-refractivity contribution is -0.156. The molecule has 0 aromatic rings. The average molecular weight is 246 g/mol. The second-order valence-electron chi connectivity index (χ2n) is 4.52. The van der Waals surface area contributed by atoms with Crippen molar-refractivity contribution in [1.29, 1.82) is 0 Å². The molecule has 0 unspecified atom stereocenters. The van der Waals surface area contributed by atoms with Crippen LogP contribution in [0, 0.1) is 0 Å². The standard InChI is InChI=1S/C12H22O5/c1-12(2,3)17-11(14)5-8-16-10-9-15-7-4-6-13/h6H,4-5,7-10H2,1-3H3. The lowest BCUT2D eigenvalue weighted by atomic mass is 10.2. The van der Waals surface area contributed by atoms with E-state index < -0.39 is 5.60 Å². The molecule has 0 saturated heterocycles. The van der Waals surface area contributed by atoms with Gasteiger partial charge in [-0.2, -0.15) is 0 Å². The summed E-state index contributed by atoms with van der Waals surface area (Å²) in [6.45, 7) is 7.07. The molecule has 0 aliphatic rings. The van der Waals surface area contributed by atoms with Gasteiger partial charge in [0.1, 0.15) is 11.9 Å². The Morgan fingerprint density at radius 2 is 1.65 bits per heavy atom. The summed E-state index contributed by atoms with van der Waals surface area (Å²) < 4.78 is 15.4. The molecule has 0 aliphatic carbocycles. The van der Waals surface area contributed by atoms with E-state index >= 15 is 0 Å². The monoisotopic (exact) mass is 246 g/mol. The summed E-state index contributed by atoms with van der Waals surface area (Å²) in [5.74, 6) is -0.264. The molecule has 0 heterocycles. The molecule has 0 fully saturated rings. The third kappa shape index (κ3) is 13.0. The molecule has 0 bridgehead atoms. The summed E-state index contributed by atoms with van der Waals surface area (Å²) in [5, 5.41) is 0. The molecule has 17 heavy (non-hydrogen) atoms. The summed E-state index contributed by atoms with van der Waals surface area (Å²) in [5.41, 5.74) is -0.449. The quantitative estimate of drug-likeness (QED) is 0.349. The van der Waals surface area contributed by atoms with E-state index in [9.17, 15) is 9.59 Å². The Hall–Kier alpha value is -0.940. The molecule has 0 spiro atoms. The molecule has 0 saturated carbocycles. The van der Waals surface area contributed by atoms with Crippen LogP contribution in [-0.2, 0) is 23.8 Å². The van der Waals surface area contributed by atoms with Crippen molar-refractivity contribution in [2.75, 3.05) is 26.4 Å². The van der Waals surface area contributed by atoms with E-state index in [0.717, 1.165) is 6.29 Å². The van der Waals surface area contributed by atoms with E-state index in [1.54, 1.807) is 0 Å². The SMILES string of the molecule is CC(C)(C)OC(=O)CCOCCOCCC=O. The van der Waals surface area contributed by atoms with Gasteiger partial charge < -0.3 is 19.0 Å². The van der Waals surface area contributed by atoms with Gasteiger partial charge in [0.25, 0.3) is 0 Å². The Morgan fingerprint density at radius 1 is 1.06 bits per heavy atom. The molecule has 0 aromatic carbocycles. The second-order valence-corrected chi connectivity index (χ2v) is 4.52. The number of carbonyl (C=O) groups excluding carboxylic acids is 2. The minimum absolute atomic E-state index is 0.242. The topological polar surface area (TPSA) is 61.8 Å². The van der Waals surface area contributed by atoms with Crippen LogP contribution in [-0.4, -0.2) is 44.3 Å². The van der Waals surface area contributed by atoms with Crippen LogP contribution in [0.5, 0.6) is 0 Å². The van der Waals surface area contributed by atoms with E-state index in [2.05, 4.69) is 0 Å². The lowest BCUT2D eigenvalue weighted by Gasteiger charge is -2.19. The molecule has 5 nitrogen and oxygen atoms in total. The molecular weight excluding hydrogens is 224 g/mol. The minimum Gasteiger partial charge on any atom is -0.460 e. The molecule has 0 aromatic heterocycles. The molecular formula is C12H22O5. The van der Waals surface area contributed by atoms with Crippen LogP contribution in [0.1, 0.15) is 33.6 Å². The number of carbonyl (C=O) groups is 2. The van der Waals surface area contributed by atoms with Crippen LogP contribution in [0.15, 0.2) is 0 Å². The van der Waals surface area contributed by atoms with Crippen LogP contribution in [0.25, 0.3) is 0 Å². The van der Waals surface area contributed by atoms with Gasteiger partial charge in [-0.3, -0.25) is 4.79 Å². The minimum atomic E-state index is -0.449. The predicted molar refractivity (Wildman–Crippen MR) is 62.8 cm³/mol. The largest absolute Gasteiger partial charge is 0.460 e. The first-order valence-corrected chi connectivity index (χ1v) is 5.76. The third-order valence-corrected chi connectivity index (χ3v) is 1.62.